The SMILES string of the molecule is C=C(C)C(=O)OCCCCCCO[SiH](OCCC)OCCC. The van der Waals surface area contributed by atoms with Gasteiger partial charge >= 0.3 is 15.5 Å². The summed E-state index contributed by atoms with van der Waals surface area (Å²) in [6.07, 6.45) is 5.87. The first-order valence-electron chi connectivity index (χ1n) is 8.29. The van der Waals surface area contributed by atoms with Gasteiger partial charge in [0.05, 0.1) is 6.61 Å². The largest absolute Gasteiger partial charge is 0.484 e. The molecular weight excluding hydrogens is 300 g/mol. The van der Waals surface area contributed by atoms with Crippen molar-refractivity contribution in [2.75, 3.05) is 26.4 Å². The molecule has 0 aromatic rings. The zero-order chi connectivity index (χ0) is 16.6. The molecule has 0 rings (SSSR count). The van der Waals surface area contributed by atoms with Gasteiger partial charge in [-0.25, -0.2) is 4.79 Å². The smallest absolute Gasteiger partial charge is 0.462 e. The molecule has 0 radical (unpaired) electrons. The third-order valence-corrected chi connectivity index (χ3v) is 4.31. The summed E-state index contributed by atoms with van der Waals surface area (Å²) in [6, 6.07) is 0. The summed E-state index contributed by atoms with van der Waals surface area (Å²) in [7, 11) is -1.94. The summed E-state index contributed by atoms with van der Waals surface area (Å²) < 4.78 is 22.0. The van der Waals surface area contributed by atoms with Crippen LogP contribution in [0.4, 0.5) is 0 Å². The van der Waals surface area contributed by atoms with Crippen molar-refractivity contribution in [2.45, 2.75) is 59.3 Å². The Morgan fingerprint density at radius 1 is 0.864 bits per heavy atom. The van der Waals surface area contributed by atoms with Crippen LogP contribution in [0.2, 0.25) is 0 Å². The zero-order valence-electron chi connectivity index (χ0n) is 14.4. The molecular formula is C16H32O5Si. The van der Waals surface area contributed by atoms with Gasteiger partial charge in [0.25, 0.3) is 0 Å². The molecule has 0 saturated carbocycles. The molecule has 0 saturated heterocycles. The Labute approximate surface area is 136 Å². The van der Waals surface area contributed by atoms with E-state index in [-0.39, 0.29) is 5.97 Å². The first-order chi connectivity index (χ1) is 10.6. The van der Waals surface area contributed by atoms with Crippen LogP contribution in [0.15, 0.2) is 12.2 Å². The second kappa shape index (κ2) is 15.2. The Balaban J connectivity index is 3.51. The molecule has 6 heteroatoms. The van der Waals surface area contributed by atoms with Crippen LogP contribution in [-0.2, 0) is 22.8 Å². The quantitative estimate of drug-likeness (QED) is 0.199. The minimum absolute atomic E-state index is 0.307. The van der Waals surface area contributed by atoms with E-state index in [1.165, 1.54) is 0 Å². The van der Waals surface area contributed by atoms with E-state index >= 15 is 0 Å². The highest BCUT2D eigenvalue weighted by Gasteiger charge is 2.14. The van der Waals surface area contributed by atoms with Crippen molar-refractivity contribution in [3.05, 3.63) is 12.2 Å². The Morgan fingerprint density at radius 3 is 1.86 bits per heavy atom. The van der Waals surface area contributed by atoms with Gasteiger partial charge < -0.3 is 18.0 Å². The summed E-state index contributed by atoms with van der Waals surface area (Å²) in [4.78, 5) is 11.2. The molecule has 0 fully saturated rings. The van der Waals surface area contributed by atoms with E-state index in [2.05, 4.69) is 20.4 Å². The number of esters is 1. The van der Waals surface area contributed by atoms with Crippen molar-refractivity contribution in [2.24, 2.45) is 0 Å². The molecule has 0 aromatic heterocycles. The molecule has 0 aliphatic heterocycles. The normalized spacial score (nSPS) is 10.9. The lowest BCUT2D eigenvalue weighted by Gasteiger charge is -2.16. The third kappa shape index (κ3) is 13.0. The molecule has 5 nitrogen and oxygen atoms in total. The Bertz CT molecular complexity index is 288. The molecule has 130 valence electrons. The van der Waals surface area contributed by atoms with Crippen LogP contribution in [0.1, 0.15) is 59.3 Å². The number of unbranched alkanes of at least 4 members (excludes halogenated alkanes) is 3. The average molecular weight is 333 g/mol. The fourth-order valence-electron chi connectivity index (χ4n) is 1.60. The fraction of sp³-hybridized carbons (Fsp3) is 0.812. The van der Waals surface area contributed by atoms with E-state index in [1.54, 1.807) is 6.92 Å². The van der Waals surface area contributed by atoms with Crippen LogP contribution in [0.3, 0.4) is 0 Å². The van der Waals surface area contributed by atoms with Crippen molar-refractivity contribution >= 4 is 15.5 Å². The first kappa shape index (κ1) is 21.3. The summed E-state index contributed by atoms with van der Waals surface area (Å²) in [6.45, 7) is 11.9. The number of carbonyl (C=O) groups is 1. The van der Waals surface area contributed by atoms with E-state index in [9.17, 15) is 4.79 Å². The second-order valence-corrected chi connectivity index (χ2v) is 6.81. The van der Waals surface area contributed by atoms with Gasteiger partial charge in [0.15, 0.2) is 0 Å². The maximum Gasteiger partial charge on any atom is 0.484 e. The Kier molecular flexibility index (Phi) is 14.7. The van der Waals surface area contributed by atoms with E-state index in [0.717, 1.165) is 38.5 Å². The second-order valence-electron chi connectivity index (χ2n) is 5.23. The lowest BCUT2D eigenvalue weighted by atomic mass is 10.2. The van der Waals surface area contributed by atoms with Gasteiger partial charge in [-0.2, -0.15) is 0 Å². The average Bonchev–Trinajstić information content (AvgIpc) is 2.51. The van der Waals surface area contributed by atoms with Gasteiger partial charge in [-0.3, -0.25) is 0 Å². The van der Waals surface area contributed by atoms with E-state index in [4.69, 9.17) is 18.0 Å². The summed E-state index contributed by atoms with van der Waals surface area (Å²) >= 11 is 0. The van der Waals surface area contributed by atoms with Gasteiger partial charge in [-0.05, 0) is 39.0 Å². The minimum Gasteiger partial charge on any atom is -0.462 e. The van der Waals surface area contributed by atoms with Crippen LogP contribution in [-0.4, -0.2) is 41.9 Å². The highest BCUT2D eigenvalue weighted by atomic mass is 28.3. The molecule has 0 N–H and O–H groups in total. The van der Waals surface area contributed by atoms with E-state index in [1.807, 2.05) is 0 Å². The molecule has 0 unspecified atom stereocenters. The Morgan fingerprint density at radius 2 is 1.36 bits per heavy atom. The fourth-order valence-corrected chi connectivity index (χ4v) is 3.10. The maximum absolute atomic E-state index is 11.2. The van der Waals surface area contributed by atoms with Crippen LogP contribution in [0.25, 0.3) is 0 Å². The molecule has 0 aliphatic carbocycles. The molecule has 22 heavy (non-hydrogen) atoms. The van der Waals surface area contributed by atoms with Crippen molar-refractivity contribution in [1.29, 1.82) is 0 Å². The highest BCUT2D eigenvalue weighted by molar-refractivity contribution is 6.36. The van der Waals surface area contributed by atoms with Gasteiger partial charge in [0, 0.05) is 25.4 Å². The topological polar surface area (TPSA) is 54.0 Å². The highest BCUT2D eigenvalue weighted by Crippen LogP contribution is 2.04. The molecule has 0 bridgehead atoms. The number of ether oxygens (including phenoxy) is 1. The Hall–Kier alpha value is -0.693. The van der Waals surface area contributed by atoms with Crippen molar-refractivity contribution in [3.8, 4) is 0 Å². The lowest BCUT2D eigenvalue weighted by molar-refractivity contribution is -0.139. The lowest BCUT2D eigenvalue weighted by Crippen LogP contribution is -2.28. The first-order valence-corrected chi connectivity index (χ1v) is 9.70. The molecule has 0 heterocycles. The molecule has 0 amide bonds. The van der Waals surface area contributed by atoms with Crippen LogP contribution in [0, 0.1) is 0 Å². The van der Waals surface area contributed by atoms with Crippen LogP contribution in [0.5, 0.6) is 0 Å². The zero-order valence-corrected chi connectivity index (χ0v) is 15.6. The molecule has 0 aliphatic rings. The monoisotopic (exact) mass is 332 g/mol. The number of rotatable bonds is 15. The van der Waals surface area contributed by atoms with Crippen molar-refractivity contribution < 1.29 is 22.8 Å². The van der Waals surface area contributed by atoms with Crippen LogP contribution < -0.4 is 0 Å². The van der Waals surface area contributed by atoms with Gasteiger partial charge in [0.2, 0.25) is 0 Å². The maximum atomic E-state index is 11.2. The predicted molar refractivity (Wildman–Crippen MR) is 89.8 cm³/mol. The van der Waals surface area contributed by atoms with Gasteiger partial charge in [-0.1, -0.05) is 26.8 Å². The molecule has 0 aromatic carbocycles. The number of hydrogen-bond acceptors (Lipinski definition) is 5. The molecule has 0 spiro atoms. The molecule has 0 atom stereocenters. The van der Waals surface area contributed by atoms with Crippen molar-refractivity contribution in [1.82, 2.24) is 0 Å². The van der Waals surface area contributed by atoms with E-state index in [0.29, 0.717) is 32.0 Å². The van der Waals surface area contributed by atoms with E-state index < -0.39 is 9.53 Å². The number of carbonyl (C=O) groups excluding carboxylic acids is 1. The standard InChI is InChI=1S/C16H32O5Si/c1-5-11-19-22(20-12-6-2)21-14-10-8-7-9-13-18-16(17)15(3)4/h22H,3,5-14H2,1-2,4H3. The van der Waals surface area contributed by atoms with Crippen LogP contribution >= 0.6 is 0 Å². The summed E-state index contributed by atoms with van der Waals surface area (Å²) in [5.41, 5.74) is 0.448. The minimum atomic E-state index is -1.94. The number of hydrogen-bond donors (Lipinski definition) is 0. The summed E-state index contributed by atoms with van der Waals surface area (Å²) in [5.74, 6) is -0.307. The van der Waals surface area contributed by atoms with Gasteiger partial charge in [-0.15, -0.1) is 0 Å². The van der Waals surface area contributed by atoms with Crippen molar-refractivity contribution in [3.63, 3.8) is 0 Å². The predicted octanol–water partition coefficient (Wildman–Crippen LogP) is 3.25. The van der Waals surface area contributed by atoms with Gasteiger partial charge in [0.1, 0.15) is 0 Å². The third-order valence-electron chi connectivity index (χ3n) is 2.79. The summed E-state index contributed by atoms with van der Waals surface area (Å²) in [5, 5.41) is 0.